The van der Waals surface area contributed by atoms with Crippen molar-refractivity contribution in [3.8, 4) is 0 Å². The molecule has 0 saturated carbocycles. The molecule has 1 N–H and O–H groups in total. The first-order valence-corrected chi connectivity index (χ1v) is 6.18. The molecule has 0 amide bonds. The minimum atomic E-state index is 0.139. The van der Waals surface area contributed by atoms with Crippen molar-refractivity contribution in [1.82, 2.24) is 25.1 Å². The summed E-state index contributed by atoms with van der Waals surface area (Å²) < 4.78 is 1.81. The van der Waals surface area contributed by atoms with E-state index in [1.54, 1.807) is 0 Å². The molecule has 18 heavy (non-hydrogen) atoms. The van der Waals surface area contributed by atoms with E-state index in [0.717, 1.165) is 24.4 Å². The van der Waals surface area contributed by atoms with E-state index in [1.165, 1.54) is 5.56 Å². The van der Waals surface area contributed by atoms with Gasteiger partial charge in [-0.05, 0) is 31.0 Å². The van der Waals surface area contributed by atoms with Gasteiger partial charge < -0.3 is 5.32 Å². The van der Waals surface area contributed by atoms with Crippen molar-refractivity contribution in [2.24, 2.45) is 7.05 Å². The second kappa shape index (κ2) is 5.73. The van der Waals surface area contributed by atoms with Gasteiger partial charge in [0.15, 0.2) is 0 Å². The Kier molecular flexibility index (Phi) is 4.04. The van der Waals surface area contributed by atoms with Gasteiger partial charge in [-0.15, -0.1) is 0 Å². The largest absolute Gasteiger partial charge is 0.307 e. The third-order valence-electron chi connectivity index (χ3n) is 2.76. The van der Waals surface area contributed by atoms with Crippen LogP contribution < -0.4 is 5.32 Å². The standard InChI is InChI=1S/C13H19N5/c1-4-14-12(5-11-8-17-18(3)9-11)13-15-6-10(2)7-16-13/h6-9,12,14H,4-5H2,1-3H3. The van der Waals surface area contributed by atoms with Gasteiger partial charge >= 0.3 is 0 Å². The van der Waals surface area contributed by atoms with Crippen molar-refractivity contribution in [2.45, 2.75) is 26.3 Å². The highest BCUT2D eigenvalue weighted by Crippen LogP contribution is 2.14. The number of aryl methyl sites for hydroxylation is 2. The van der Waals surface area contributed by atoms with E-state index in [-0.39, 0.29) is 6.04 Å². The monoisotopic (exact) mass is 245 g/mol. The summed E-state index contributed by atoms with van der Waals surface area (Å²) in [6.45, 7) is 4.97. The molecule has 2 rings (SSSR count). The Morgan fingerprint density at radius 1 is 1.28 bits per heavy atom. The molecule has 0 bridgehead atoms. The minimum absolute atomic E-state index is 0.139. The molecule has 96 valence electrons. The molecule has 2 heterocycles. The van der Waals surface area contributed by atoms with Gasteiger partial charge in [0.25, 0.3) is 0 Å². The van der Waals surface area contributed by atoms with Crippen LogP contribution in [0.4, 0.5) is 0 Å². The molecular formula is C13H19N5. The molecule has 0 aliphatic rings. The zero-order valence-corrected chi connectivity index (χ0v) is 11.1. The summed E-state index contributed by atoms with van der Waals surface area (Å²) in [5.41, 5.74) is 2.27. The summed E-state index contributed by atoms with van der Waals surface area (Å²) in [6, 6.07) is 0.139. The van der Waals surface area contributed by atoms with E-state index in [1.807, 2.05) is 43.4 Å². The molecular weight excluding hydrogens is 226 g/mol. The quantitative estimate of drug-likeness (QED) is 0.865. The van der Waals surface area contributed by atoms with Gasteiger partial charge in [-0.3, -0.25) is 4.68 Å². The molecule has 0 radical (unpaired) electrons. The van der Waals surface area contributed by atoms with Gasteiger partial charge in [0, 0.05) is 25.6 Å². The van der Waals surface area contributed by atoms with Gasteiger partial charge in [-0.25, -0.2) is 9.97 Å². The maximum Gasteiger partial charge on any atom is 0.145 e. The van der Waals surface area contributed by atoms with Crippen LogP contribution in [0.25, 0.3) is 0 Å². The van der Waals surface area contributed by atoms with Crippen LogP contribution in [0, 0.1) is 6.92 Å². The molecule has 0 saturated heterocycles. The lowest BCUT2D eigenvalue weighted by atomic mass is 10.1. The molecule has 5 heteroatoms. The normalized spacial score (nSPS) is 12.6. The molecule has 0 aromatic carbocycles. The Balaban J connectivity index is 2.14. The Morgan fingerprint density at radius 3 is 2.56 bits per heavy atom. The maximum atomic E-state index is 4.40. The van der Waals surface area contributed by atoms with E-state index in [9.17, 15) is 0 Å². The summed E-state index contributed by atoms with van der Waals surface area (Å²) in [4.78, 5) is 8.80. The second-order valence-corrected chi connectivity index (χ2v) is 4.46. The number of nitrogens with one attached hydrogen (secondary N) is 1. The number of aromatic nitrogens is 4. The molecule has 2 aromatic heterocycles. The predicted molar refractivity (Wildman–Crippen MR) is 70.1 cm³/mol. The lowest BCUT2D eigenvalue weighted by molar-refractivity contribution is 0.521. The Labute approximate surface area is 107 Å². The zero-order chi connectivity index (χ0) is 13.0. The summed E-state index contributed by atoms with van der Waals surface area (Å²) >= 11 is 0. The Bertz CT molecular complexity index is 488. The van der Waals surface area contributed by atoms with E-state index in [4.69, 9.17) is 0 Å². The highest BCUT2D eigenvalue weighted by Gasteiger charge is 2.14. The zero-order valence-electron chi connectivity index (χ0n) is 11.1. The van der Waals surface area contributed by atoms with Crippen LogP contribution in [0.3, 0.4) is 0 Å². The fraction of sp³-hybridized carbons (Fsp3) is 0.462. The smallest absolute Gasteiger partial charge is 0.145 e. The van der Waals surface area contributed by atoms with Gasteiger partial charge in [0.05, 0.1) is 12.2 Å². The molecule has 2 aromatic rings. The molecule has 1 atom stereocenters. The maximum absolute atomic E-state index is 4.40. The number of hydrogen-bond donors (Lipinski definition) is 1. The first-order valence-electron chi connectivity index (χ1n) is 6.18. The van der Waals surface area contributed by atoms with E-state index in [0.29, 0.717) is 0 Å². The summed E-state index contributed by atoms with van der Waals surface area (Å²) in [5, 5.41) is 7.60. The fourth-order valence-electron chi connectivity index (χ4n) is 1.90. The third kappa shape index (κ3) is 3.13. The van der Waals surface area contributed by atoms with Crippen LogP contribution in [0.1, 0.15) is 29.9 Å². The van der Waals surface area contributed by atoms with Crippen molar-refractivity contribution in [1.29, 1.82) is 0 Å². The molecule has 0 aliphatic carbocycles. The minimum Gasteiger partial charge on any atom is -0.307 e. The van der Waals surface area contributed by atoms with Crippen LogP contribution in [-0.4, -0.2) is 26.3 Å². The van der Waals surface area contributed by atoms with Crippen LogP contribution in [0.15, 0.2) is 24.8 Å². The van der Waals surface area contributed by atoms with Crippen LogP contribution in [-0.2, 0) is 13.5 Å². The molecule has 0 aliphatic heterocycles. The van der Waals surface area contributed by atoms with E-state index in [2.05, 4.69) is 27.3 Å². The Hall–Kier alpha value is -1.75. The first-order chi connectivity index (χ1) is 8.69. The lowest BCUT2D eigenvalue weighted by Crippen LogP contribution is -2.24. The third-order valence-corrected chi connectivity index (χ3v) is 2.76. The van der Waals surface area contributed by atoms with Gasteiger partial charge in [-0.2, -0.15) is 5.10 Å². The van der Waals surface area contributed by atoms with E-state index >= 15 is 0 Å². The lowest BCUT2D eigenvalue weighted by Gasteiger charge is -2.15. The van der Waals surface area contributed by atoms with Crippen molar-refractivity contribution in [3.63, 3.8) is 0 Å². The summed E-state index contributed by atoms with van der Waals surface area (Å²) in [6.07, 6.45) is 8.48. The SMILES string of the molecule is CCNC(Cc1cnn(C)c1)c1ncc(C)cn1. The van der Waals surface area contributed by atoms with Crippen molar-refractivity contribution in [3.05, 3.63) is 41.7 Å². The average Bonchev–Trinajstić information content (AvgIpc) is 2.75. The number of hydrogen-bond acceptors (Lipinski definition) is 4. The number of nitrogens with zero attached hydrogens (tertiary/aromatic N) is 4. The summed E-state index contributed by atoms with van der Waals surface area (Å²) in [5.74, 6) is 0.839. The molecule has 0 spiro atoms. The van der Waals surface area contributed by atoms with Gasteiger partial charge in [-0.1, -0.05) is 6.92 Å². The van der Waals surface area contributed by atoms with Crippen LogP contribution in [0.2, 0.25) is 0 Å². The number of likely N-dealkylation sites (N-methyl/N-ethyl adjacent to an activating group) is 1. The van der Waals surface area contributed by atoms with Crippen molar-refractivity contribution in [2.75, 3.05) is 6.54 Å². The van der Waals surface area contributed by atoms with Crippen LogP contribution in [0.5, 0.6) is 0 Å². The van der Waals surface area contributed by atoms with Gasteiger partial charge in [0.2, 0.25) is 0 Å². The second-order valence-electron chi connectivity index (χ2n) is 4.46. The topological polar surface area (TPSA) is 55.6 Å². The highest BCUT2D eigenvalue weighted by molar-refractivity contribution is 5.11. The summed E-state index contributed by atoms with van der Waals surface area (Å²) in [7, 11) is 1.92. The average molecular weight is 245 g/mol. The van der Waals surface area contributed by atoms with Crippen LogP contribution >= 0.6 is 0 Å². The number of rotatable bonds is 5. The fourth-order valence-corrected chi connectivity index (χ4v) is 1.90. The molecule has 0 fully saturated rings. The first kappa shape index (κ1) is 12.7. The van der Waals surface area contributed by atoms with Crippen molar-refractivity contribution < 1.29 is 0 Å². The highest BCUT2D eigenvalue weighted by atomic mass is 15.2. The van der Waals surface area contributed by atoms with Crippen molar-refractivity contribution >= 4 is 0 Å². The molecule has 5 nitrogen and oxygen atoms in total. The van der Waals surface area contributed by atoms with Gasteiger partial charge in [0.1, 0.15) is 5.82 Å². The van der Waals surface area contributed by atoms with E-state index < -0.39 is 0 Å². The molecule has 1 unspecified atom stereocenters. The predicted octanol–water partition coefficient (Wildman–Crippen LogP) is 1.41. The Morgan fingerprint density at radius 2 is 2.00 bits per heavy atom.